The Morgan fingerprint density at radius 1 is 0.938 bits per heavy atom. The van der Waals surface area contributed by atoms with Crippen molar-refractivity contribution in [3.63, 3.8) is 0 Å². The quantitative estimate of drug-likeness (QED) is 0.340. The fraction of sp³-hybridized carbons (Fsp3) is 0.565. The Bertz CT molecular complexity index is 799. The van der Waals surface area contributed by atoms with E-state index >= 15 is 0 Å². The zero-order valence-electron chi connectivity index (χ0n) is 19.8. The minimum Gasteiger partial charge on any atom is -0.461 e. The molecule has 0 aliphatic rings. The lowest BCUT2D eigenvalue weighted by Crippen LogP contribution is -2.51. The molecule has 1 aromatic rings. The van der Waals surface area contributed by atoms with Gasteiger partial charge in [0.05, 0.1) is 17.5 Å². The van der Waals surface area contributed by atoms with Gasteiger partial charge in [0.1, 0.15) is 23.9 Å². The third-order valence-electron chi connectivity index (χ3n) is 3.75. The number of esters is 2. The number of rotatable bonds is 8. The van der Waals surface area contributed by atoms with E-state index in [1.165, 1.54) is 0 Å². The van der Waals surface area contributed by atoms with Crippen molar-refractivity contribution in [3.8, 4) is 0 Å². The van der Waals surface area contributed by atoms with Crippen molar-refractivity contribution in [2.75, 3.05) is 0 Å². The van der Waals surface area contributed by atoms with E-state index in [0.29, 0.717) is 0 Å². The maximum absolute atomic E-state index is 12.7. The highest BCUT2D eigenvalue weighted by molar-refractivity contribution is 7.80. The molecule has 8 nitrogen and oxygen atoms in total. The van der Waals surface area contributed by atoms with Crippen molar-refractivity contribution < 1.29 is 28.6 Å². The number of alkyl carbamates (subject to hydrolysis) is 1. The number of thiocarbonyl (C=S) groups is 1. The van der Waals surface area contributed by atoms with Gasteiger partial charge in [0.2, 0.25) is 0 Å². The molecule has 2 N–H and O–H groups in total. The zero-order chi connectivity index (χ0) is 24.5. The minimum atomic E-state index is -1.08. The molecule has 0 saturated heterocycles. The van der Waals surface area contributed by atoms with E-state index in [9.17, 15) is 14.4 Å². The number of carbonyl (C=O) groups excluding carboxylic acids is 3. The van der Waals surface area contributed by atoms with Crippen LogP contribution in [0.1, 0.15) is 60.5 Å². The van der Waals surface area contributed by atoms with Crippen molar-refractivity contribution in [1.29, 1.82) is 0 Å². The van der Waals surface area contributed by atoms with Crippen LogP contribution in [0.3, 0.4) is 0 Å². The molecule has 9 heteroatoms. The average molecular weight is 467 g/mol. The summed E-state index contributed by atoms with van der Waals surface area (Å²) in [4.78, 5) is 37.2. The minimum absolute atomic E-state index is 0.0851. The molecule has 1 amide bonds. The number of amides is 1. The molecular formula is C23H34N2O6S. The van der Waals surface area contributed by atoms with Gasteiger partial charge < -0.3 is 24.8 Å². The highest BCUT2D eigenvalue weighted by atomic mass is 32.1. The maximum Gasteiger partial charge on any atom is 0.408 e. The van der Waals surface area contributed by atoms with Gasteiger partial charge in [-0.3, -0.25) is 4.79 Å². The summed E-state index contributed by atoms with van der Waals surface area (Å²) in [6.45, 7) is 12.1. The molecule has 0 heterocycles. The highest BCUT2D eigenvalue weighted by Crippen LogP contribution is 2.12. The SMILES string of the molecule is C[C@H](NC(=O)OC(C)(C)C)C(=S)N[C@@H](CC(=O)OCc1ccccc1)C(=O)OC(C)(C)C. The van der Waals surface area contributed by atoms with E-state index in [2.05, 4.69) is 10.6 Å². The third-order valence-corrected chi connectivity index (χ3v) is 4.22. The van der Waals surface area contributed by atoms with Crippen molar-refractivity contribution in [3.05, 3.63) is 35.9 Å². The lowest BCUT2D eigenvalue weighted by molar-refractivity contribution is -0.160. The molecule has 0 aliphatic carbocycles. The summed E-state index contributed by atoms with van der Waals surface area (Å²) in [6.07, 6.45) is -0.939. The van der Waals surface area contributed by atoms with Gasteiger partial charge in [0.15, 0.2) is 0 Å². The monoisotopic (exact) mass is 466 g/mol. The number of nitrogens with one attached hydrogen (secondary N) is 2. The van der Waals surface area contributed by atoms with Crippen LogP contribution in [0.5, 0.6) is 0 Å². The third kappa shape index (κ3) is 11.6. The first-order chi connectivity index (χ1) is 14.7. The van der Waals surface area contributed by atoms with Crippen molar-refractivity contribution in [1.82, 2.24) is 10.6 Å². The predicted molar refractivity (Wildman–Crippen MR) is 125 cm³/mol. The second kappa shape index (κ2) is 11.8. The summed E-state index contributed by atoms with van der Waals surface area (Å²) in [7, 11) is 0. The van der Waals surface area contributed by atoms with E-state index < -0.39 is 41.3 Å². The highest BCUT2D eigenvalue weighted by Gasteiger charge is 2.30. The number of hydrogen-bond donors (Lipinski definition) is 2. The van der Waals surface area contributed by atoms with E-state index in [4.69, 9.17) is 26.4 Å². The number of benzene rings is 1. The fourth-order valence-electron chi connectivity index (χ4n) is 2.38. The van der Waals surface area contributed by atoms with Crippen molar-refractivity contribution in [2.24, 2.45) is 0 Å². The van der Waals surface area contributed by atoms with Crippen molar-refractivity contribution in [2.45, 2.75) is 84.8 Å². The number of hydrogen-bond acceptors (Lipinski definition) is 7. The Labute approximate surface area is 195 Å². The zero-order valence-corrected chi connectivity index (χ0v) is 20.6. The van der Waals surface area contributed by atoms with Crippen LogP contribution in [0.25, 0.3) is 0 Å². The van der Waals surface area contributed by atoms with Gasteiger partial charge in [-0.15, -0.1) is 0 Å². The summed E-state index contributed by atoms with van der Waals surface area (Å²) in [6, 6.07) is 7.48. The molecule has 0 aromatic heterocycles. The van der Waals surface area contributed by atoms with Crippen molar-refractivity contribution >= 4 is 35.2 Å². The average Bonchev–Trinajstić information content (AvgIpc) is 2.63. The topological polar surface area (TPSA) is 103 Å². The normalized spacial score (nSPS) is 13.3. The van der Waals surface area contributed by atoms with Gasteiger partial charge in [-0.05, 0) is 54.0 Å². The van der Waals surface area contributed by atoms with Crippen LogP contribution in [-0.4, -0.2) is 46.3 Å². The van der Waals surface area contributed by atoms with Crippen LogP contribution >= 0.6 is 12.2 Å². The molecule has 1 rings (SSSR count). The Morgan fingerprint density at radius 3 is 2.03 bits per heavy atom. The molecule has 0 saturated carbocycles. The Morgan fingerprint density at radius 2 is 1.50 bits per heavy atom. The Hall–Kier alpha value is -2.68. The van der Waals surface area contributed by atoms with Gasteiger partial charge >= 0.3 is 18.0 Å². The van der Waals surface area contributed by atoms with Crippen LogP contribution in [0.2, 0.25) is 0 Å². The van der Waals surface area contributed by atoms with E-state index in [0.717, 1.165) is 5.56 Å². The Balaban J connectivity index is 2.77. The molecule has 2 atom stereocenters. The molecule has 32 heavy (non-hydrogen) atoms. The second-order valence-electron chi connectivity index (χ2n) is 9.31. The molecule has 1 aromatic carbocycles. The second-order valence-corrected chi connectivity index (χ2v) is 9.75. The molecule has 0 unspecified atom stereocenters. The first kappa shape index (κ1) is 27.4. The van der Waals surface area contributed by atoms with Crippen LogP contribution in [0.15, 0.2) is 30.3 Å². The van der Waals surface area contributed by atoms with Gasteiger partial charge in [0, 0.05) is 0 Å². The van der Waals surface area contributed by atoms with Crippen LogP contribution < -0.4 is 10.6 Å². The first-order valence-corrected chi connectivity index (χ1v) is 10.8. The lowest BCUT2D eigenvalue weighted by atomic mass is 10.1. The fourth-order valence-corrected chi connectivity index (χ4v) is 2.58. The molecular weight excluding hydrogens is 432 g/mol. The molecule has 0 bridgehead atoms. The standard InChI is InChI=1S/C23H34N2O6S/c1-15(24-21(28)31-23(5,6)7)19(32)25-17(20(27)30-22(2,3)4)13-18(26)29-14-16-11-9-8-10-12-16/h8-12,15,17H,13-14H2,1-7H3,(H,24,28)(H,25,32)/t15-,17-/m0/s1. The molecule has 0 radical (unpaired) electrons. The molecule has 178 valence electrons. The molecule has 0 spiro atoms. The van der Waals surface area contributed by atoms with Gasteiger partial charge in [-0.1, -0.05) is 42.5 Å². The predicted octanol–water partition coefficient (Wildman–Crippen LogP) is 3.66. The first-order valence-electron chi connectivity index (χ1n) is 10.4. The largest absolute Gasteiger partial charge is 0.461 e. The van der Waals surface area contributed by atoms with Crippen LogP contribution in [0, 0.1) is 0 Å². The summed E-state index contributed by atoms with van der Waals surface area (Å²) >= 11 is 5.33. The molecule has 0 aliphatic heterocycles. The lowest BCUT2D eigenvalue weighted by Gasteiger charge is -2.27. The smallest absolute Gasteiger partial charge is 0.408 e. The summed E-state index contributed by atoms with van der Waals surface area (Å²) in [5.74, 6) is -1.24. The summed E-state index contributed by atoms with van der Waals surface area (Å²) in [5, 5.41) is 5.42. The van der Waals surface area contributed by atoms with Gasteiger partial charge in [0.25, 0.3) is 0 Å². The maximum atomic E-state index is 12.7. The Kier molecular flexibility index (Phi) is 10.1. The van der Waals surface area contributed by atoms with Crippen LogP contribution in [0.4, 0.5) is 4.79 Å². The van der Waals surface area contributed by atoms with E-state index in [1.54, 1.807) is 48.5 Å². The van der Waals surface area contributed by atoms with Crippen LogP contribution in [-0.2, 0) is 30.4 Å². The van der Waals surface area contributed by atoms with Gasteiger partial charge in [-0.2, -0.15) is 0 Å². The number of ether oxygens (including phenoxy) is 3. The van der Waals surface area contributed by atoms with E-state index in [-0.39, 0.29) is 18.0 Å². The number of carbonyl (C=O) groups is 3. The summed E-state index contributed by atoms with van der Waals surface area (Å²) < 4.78 is 15.9. The van der Waals surface area contributed by atoms with E-state index in [1.807, 2.05) is 30.3 Å². The van der Waals surface area contributed by atoms with Gasteiger partial charge in [-0.25, -0.2) is 9.59 Å². The molecule has 0 fully saturated rings. The summed E-state index contributed by atoms with van der Waals surface area (Å²) in [5.41, 5.74) is -0.596.